The molecular weight excluding hydrogens is 232 g/mol. The molecule has 5 nitrogen and oxygen atoms in total. The van der Waals surface area contributed by atoms with Crippen molar-refractivity contribution in [3.8, 4) is 0 Å². The van der Waals surface area contributed by atoms with E-state index >= 15 is 0 Å². The molecule has 1 heterocycles. The molecule has 0 radical (unpaired) electrons. The Balaban J connectivity index is 2.03. The lowest BCUT2D eigenvalue weighted by molar-refractivity contribution is -0.130. The second-order valence-electron chi connectivity index (χ2n) is 4.43. The third-order valence-corrected chi connectivity index (χ3v) is 2.94. The van der Waals surface area contributed by atoms with Crippen molar-refractivity contribution in [2.75, 3.05) is 6.61 Å². The Labute approximate surface area is 106 Å². The van der Waals surface area contributed by atoms with Crippen LogP contribution in [0.5, 0.6) is 0 Å². The Morgan fingerprint density at radius 3 is 2.72 bits per heavy atom. The SMILES string of the molecule is C[C@H]1COC(=O)N1C(=O)[C@@H](N)Cc1ccccc1. The molecule has 96 valence electrons. The lowest BCUT2D eigenvalue weighted by Gasteiger charge is -2.20. The smallest absolute Gasteiger partial charge is 0.417 e. The van der Waals surface area contributed by atoms with Crippen LogP contribution in [0.3, 0.4) is 0 Å². The van der Waals surface area contributed by atoms with Gasteiger partial charge in [-0.05, 0) is 18.9 Å². The normalized spacial score (nSPS) is 20.7. The first-order valence-electron chi connectivity index (χ1n) is 5.89. The molecule has 2 N–H and O–H groups in total. The van der Waals surface area contributed by atoms with Crippen molar-refractivity contribution >= 4 is 12.0 Å². The number of hydrogen-bond acceptors (Lipinski definition) is 4. The van der Waals surface area contributed by atoms with Gasteiger partial charge in [-0.2, -0.15) is 0 Å². The zero-order valence-electron chi connectivity index (χ0n) is 10.2. The molecule has 1 saturated heterocycles. The number of hydrogen-bond donors (Lipinski definition) is 1. The van der Waals surface area contributed by atoms with E-state index in [1.807, 2.05) is 30.3 Å². The number of amides is 2. The van der Waals surface area contributed by atoms with Crippen LogP contribution in [-0.2, 0) is 16.0 Å². The van der Waals surface area contributed by atoms with Gasteiger partial charge in [0.25, 0.3) is 0 Å². The lowest BCUT2D eigenvalue weighted by atomic mass is 10.1. The van der Waals surface area contributed by atoms with Gasteiger partial charge in [-0.15, -0.1) is 0 Å². The standard InChI is InChI=1S/C13H16N2O3/c1-9-8-18-13(17)15(9)12(16)11(14)7-10-5-3-2-4-6-10/h2-6,9,11H,7-8,14H2,1H3/t9-,11-/m0/s1. The van der Waals surface area contributed by atoms with Gasteiger partial charge >= 0.3 is 6.09 Å². The maximum absolute atomic E-state index is 12.1. The van der Waals surface area contributed by atoms with Gasteiger partial charge in [-0.1, -0.05) is 30.3 Å². The molecule has 18 heavy (non-hydrogen) atoms. The number of carbonyl (C=O) groups excluding carboxylic acids is 2. The van der Waals surface area contributed by atoms with Gasteiger partial charge in [0.2, 0.25) is 5.91 Å². The van der Waals surface area contributed by atoms with E-state index in [0.717, 1.165) is 10.5 Å². The molecule has 1 aliphatic rings. The molecule has 2 amide bonds. The Hall–Kier alpha value is -1.88. The van der Waals surface area contributed by atoms with Gasteiger partial charge in [0, 0.05) is 0 Å². The number of rotatable bonds is 3. The van der Waals surface area contributed by atoms with Crippen LogP contribution < -0.4 is 5.73 Å². The highest BCUT2D eigenvalue weighted by molar-refractivity contribution is 5.96. The van der Waals surface area contributed by atoms with E-state index in [9.17, 15) is 9.59 Å². The Morgan fingerprint density at radius 2 is 2.17 bits per heavy atom. The van der Waals surface area contributed by atoms with Crippen LogP contribution in [0.4, 0.5) is 4.79 Å². The highest BCUT2D eigenvalue weighted by atomic mass is 16.6. The Morgan fingerprint density at radius 1 is 1.50 bits per heavy atom. The molecule has 0 saturated carbocycles. The molecule has 0 aromatic heterocycles. The summed E-state index contributed by atoms with van der Waals surface area (Å²) in [4.78, 5) is 24.6. The molecule has 0 spiro atoms. The average molecular weight is 248 g/mol. The molecule has 1 aliphatic heterocycles. The number of imide groups is 1. The second-order valence-corrected chi connectivity index (χ2v) is 4.43. The molecule has 0 bridgehead atoms. The minimum atomic E-state index is -0.722. The fraction of sp³-hybridized carbons (Fsp3) is 0.385. The van der Waals surface area contributed by atoms with Crippen molar-refractivity contribution in [1.82, 2.24) is 4.90 Å². The Bertz CT molecular complexity index is 447. The summed E-state index contributed by atoms with van der Waals surface area (Å²) in [5, 5.41) is 0. The minimum absolute atomic E-state index is 0.239. The van der Waals surface area contributed by atoms with Crippen LogP contribution >= 0.6 is 0 Å². The van der Waals surface area contributed by atoms with Gasteiger partial charge in [0.05, 0.1) is 12.1 Å². The first-order chi connectivity index (χ1) is 8.59. The van der Waals surface area contributed by atoms with Crippen LogP contribution in [0.15, 0.2) is 30.3 Å². The van der Waals surface area contributed by atoms with Gasteiger partial charge < -0.3 is 10.5 Å². The summed E-state index contributed by atoms with van der Waals surface area (Å²) in [6.07, 6.45) is -0.188. The lowest BCUT2D eigenvalue weighted by Crippen LogP contribution is -2.48. The van der Waals surface area contributed by atoms with Gasteiger partial charge in [0.1, 0.15) is 6.61 Å². The summed E-state index contributed by atoms with van der Waals surface area (Å²) in [6.45, 7) is 2.00. The molecule has 1 fully saturated rings. The Kier molecular flexibility index (Phi) is 3.62. The molecule has 5 heteroatoms. The third kappa shape index (κ3) is 2.51. The van der Waals surface area contributed by atoms with Crippen LogP contribution in [0.2, 0.25) is 0 Å². The van der Waals surface area contributed by atoms with E-state index in [1.165, 1.54) is 0 Å². The molecule has 2 rings (SSSR count). The molecule has 1 aromatic carbocycles. The maximum atomic E-state index is 12.1. The molecular formula is C13H16N2O3. The van der Waals surface area contributed by atoms with Crippen molar-refractivity contribution in [2.24, 2.45) is 5.73 Å². The fourth-order valence-corrected chi connectivity index (χ4v) is 1.96. The number of ether oxygens (including phenoxy) is 1. The highest BCUT2D eigenvalue weighted by Gasteiger charge is 2.37. The van der Waals surface area contributed by atoms with Crippen LogP contribution in [0, 0.1) is 0 Å². The number of benzene rings is 1. The number of cyclic esters (lactones) is 1. The molecule has 0 unspecified atom stereocenters. The van der Waals surface area contributed by atoms with E-state index in [-0.39, 0.29) is 18.6 Å². The average Bonchev–Trinajstić information content (AvgIpc) is 2.69. The van der Waals surface area contributed by atoms with Crippen molar-refractivity contribution in [3.63, 3.8) is 0 Å². The van der Waals surface area contributed by atoms with Gasteiger partial charge in [-0.3, -0.25) is 4.79 Å². The number of nitrogens with two attached hydrogens (primary N) is 1. The summed E-state index contributed by atoms with van der Waals surface area (Å²) in [7, 11) is 0. The van der Waals surface area contributed by atoms with Crippen molar-refractivity contribution in [3.05, 3.63) is 35.9 Å². The highest BCUT2D eigenvalue weighted by Crippen LogP contribution is 2.14. The molecule has 2 atom stereocenters. The van der Waals surface area contributed by atoms with E-state index < -0.39 is 12.1 Å². The van der Waals surface area contributed by atoms with Gasteiger partial charge in [-0.25, -0.2) is 9.69 Å². The van der Waals surface area contributed by atoms with E-state index in [4.69, 9.17) is 10.5 Å². The topological polar surface area (TPSA) is 72.6 Å². The first kappa shape index (κ1) is 12.6. The van der Waals surface area contributed by atoms with Crippen molar-refractivity contribution in [2.45, 2.75) is 25.4 Å². The van der Waals surface area contributed by atoms with E-state index in [2.05, 4.69) is 0 Å². The van der Waals surface area contributed by atoms with E-state index in [1.54, 1.807) is 6.92 Å². The number of nitrogens with zero attached hydrogens (tertiary/aromatic N) is 1. The second kappa shape index (κ2) is 5.18. The van der Waals surface area contributed by atoms with Gasteiger partial charge in [0.15, 0.2) is 0 Å². The fourth-order valence-electron chi connectivity index (χ4n) is 1.96. The monoisotopic (exact) mass is 248 g/mol. The number of carbonyl (C=O) groups is 2. The van der Waals surface area contributed by atoms with Crippen molar-refractivity contribution in [1.29, 1.82) is 0 Å². The van der Waals surface area contributed by atoms with Crippen molar-refractivity contribution < 1.29 is 14.3 Å². The largest absolute Gasteiger partial charge is 0.447 e. The minimum Gasteiger partial charge on any atom is -0.447 e. The van der Waals surface area contributed by atoms with Crippen LogP contribution in [-0.4, -0.2) is 35.6 Å². The summed E-state index contributed by atoms with van der Waals surface area (Å²) >= 11 is 0. The summed E-state index contributed by atoms with van der Waals surface area (Å²) in [5.41, 5.74) is 6.83. The predicted molar refractivity (Wildman–Crippen MR) is 65.8 cm³/mol. The molecule has 0 aliphatic carbocycles. The van der Waals surface area contributed by atoms with Crippen LogP contribution in [0.1, 0.15) is 12.5 Å². The third-order valence-electron chi connectivity index (χ3n) is 2.94. The molecule has 1 aromatic rings. The summed E-state index contributed by atoms with van der Waals surface area (Å²) < 4.78 is 4.81. The van der Waals surface area contributed by atoms with Crippen LogP contribution in [0.25, 0.3) is 0 Å². The summed E-state index contributed by atoms with van der Waals surface area (Å²) in [5.74, 6) is -0.381. The zero-order chi connectivity index (χ0) is 13.1. The zero-order valence-corrected chi connectivity index (χ0v) is 10.2. The maximum Gasteiger partial charge on any atom is 0.417 e. The predicted octanol–water partition coefficient (Wildman–Crippen LogP) is 0.924. The van der Waals surface area contributed by atoms with E-state index in [0.29, 0.717) is 6.42 Å². The summed E-state index contributed by atoms with van der Waals surface area (Å²) in [6, 6.07) is 8.51. The first-order valence-corrected chi connectivity index (χ1v) is 5.89. The quantitative estimate of drug-likeness (QED) is 0.863.